The summed E-state index contributed by atoms with van der Waals surface area (Å²) >= 11 is 0. The van der Waals surface area contributed by atoms with Crippen LogP contribution < -0.4 is 5.32 Å². The number of amides is 1. The van der Waals surface area contributed by atoms with Crippen molar-refractivity contribution in [3.63, 3.8) is 0 Å². The van der Waals surface area contributed by atoms with Crippen molar-refractivity contribution in [1.82, 2.24) is 0 Å². The van der Waals surface area contributed by atoms with Crippen LogP contribution in [0.25, 0.3) is 11.0 Å². The maximum Gasteiger partial charge on any atom is 0.221 e. The van der Waals surface area contributed by atoms with E-state index in [9.17, 15) is 4.79 Å². The number of anilines is 1. The lowest BCUT2D eigenvalue weighted by Crippen LogP contribution is -2.05. The van der Waals surface area contributed by atoms with Gasteiger partial charge in [0.2, 0.25) is 5.91 Å². The Kier molecular flexibility index (Phi) is 2.23. The van der Waals surface area contributed by atoms with Crippen molar-refractivity contribution in [2.45, 2.75) is 20.8 Å². The van der Waals surface area contributed by atoms with Gasteiger partial charge in [-0.15, -0.1) is 0 Å². The molecular formula is C12H13NO2. The molecular weight excluding hydrogens is 190 g/mol. The molecule has 2 aromatic rings. The molecule has 0 fully saturated rings. The Morgan fingerprint density at radius 1 is 1.33 bits per heavy atom. The number of hydrogen-bond acceptors (Lipinski definition) is 2. The molecule has 0 spiro atoms. The van der Waals surface area contributed by atoms with Crippen molar-refractivity contribution in [2.24, 2.45) is 0 Å². The van der Waals surface area contributed by atoms with E-state index in [1.54, 1.807) is 0 Å². The largest absolute Gasteiger partial charge is 0.461 e. The lowest BCUT2D eigenvalue weighted by atomic mass is 10.1. The maximum atomic E-state index is 11.0. The number of carbonyl (C=O) groups is 1. The zero-order valence-electron chi connectivity index (χ0n) is 9.05. The number of carbonyl (C=O) groups excluding carboxylic acids is 1. The van der Waals surface area contributed by atoms with Crippen LogP contribution in [0.4, 0.5) is 5.69 Å². The number of hydrogen-bond donors (Lipinski definition) is 1. The van der Waals surface area contributed by atoms with E-state index in [1.807, 2.05) is 32.0 Å². The fraction of sp³-hybridized carbons (Fsp3) is 0.250. The predicted octanol–water partition coefficient (Wildman–Crippen LogP) is 3.01. The van der Waals surface area contributed by atoms with Gasteiger partial charge >= 0.3 is 0 Å². The summed E-state index contributed by atoms with van der Waals surface area (Å²) in [5.41, 5.74) is 2.71. The fourth-order valence-electron chi connectivity index (χ4n) is 1.71. The van der Waals surface area contributed by atoms with E-state index >= 15 is 0 Å². The van der Waals surface area contributed by atoms with E-state index in [1.165, 1.54) is 6.92 Å². The second kappa shape index (κ2) is 3.42. The molecule has 3 nitrogen and oxygen atoms in total. The minimum Gasteiger partial charge on any atom is -0.461 e. The highest BCUT2D eigenvalue weighted by Crippen LogP contribution is 2.30. The highest BCUT2D eigenvalue weighted by Gasteiger charge is 2.11. The molecule has 2 rings (SSSR count). The van der Waals surface area contributed by atoms with Gasteiger partial charge in [-0.25, -0.2) is 0 Å². The Labute approximate surface area is 88.1 Å². The standard InChI is InChI=1S/C12H13NO2/c1-7-8(2)15-11-6-4-5-10(12(7)11)13-9(3)14/h4-6H,1-3H3,(H,13,14). The Morgan fingerprint density at radius 2 is 2.07 bits per heavy atom. The summed E-state index contributed by atoms with van der Waals surface area (Å²) in [5.74, 6) is 0.823. The van der Waals surface area contributed by atoms with Crippen molar-refractivity contribution in [3.8, 4) is 0 Å². The molecule has 1 aromatic carbocycles. The summed E-state index contributed by atoms with van der Waals surface area (Å²) in [6, 6.07) is 5.66. The topological polar surface area (TPSA) is 42.2 Å². The quantitative estimate of drug-likeness (QED) is 0.774. The van der Waals surface area contributed by atoms with Crippen LogP contribution in [0.15, 0.2) is 22.6 Å². The number of nitrogens with one attached hydrogen (secondary N) is 1. The first kappa shape index (κ1) is 9.77. The van der Waals surface area contributed by atoms with Gasteiger partial charge in [0.25, 0.3) is 0 Å². The van der Waals surface area contributed by atoms with Gasteiger partial charge in [0.1, 0.15) is 11.3 Å². The number of benzene rings is 1. The number of furan rings is 1. The molecule has 1 aromatic heterocycles. The Balaban J connectivity index is 2.68. The van der Waals surface area contributed by atoms with Gasteiger partial charge < -0.3 is 9.73 Å². The average Bonchev–Trinajstić information content (AvgIpc) is 2.43. The Hall–Kier alpha value is -1.77. The predicted molar refractivity (Wildman–Crippen MR) is 60.0 cm³/mol. The van der Waals surface area contributed by atoms with Crippen LogP contribution in [0.1, 0.15) is 18.2 Å². The summed E-state index contributed by atoms with van der Waals surface area (Å²) in [6.07, 6.45) is 0. The third-order valence-electron chi connectivity index (χ3n) is 2.50. The van der Waals surface area contributed by atoms with Crippen LogP contribution in [-0.4, -0.2) is 5.91 Å². The molecule has 0 atom stereocenters. The van der Waals surface area contributed by atoms with Crippen LogP contribution in [-0.2, 0) is 4.79 Å². The first-order valence-corrected chi connectivity index (χ1v) is 4.86. The van der Waals surface area contributed by atoms with Crippen LogP contribution in [0.5, 0.6) is 0 Å². The minimum absolute atomic E-state index is 0.0687. The van der Waals surface area contributed by atoms with Crippen LogP contribution >= 0.6 is 0 Å². The number of fused-ring (bicyclic) bond motifs is 1. The van der Waals surface area contributed by atoms with E-state index in [2.05, 4.69) is 5.32 Å². The number of rotatable bonds is 1. The normalized spacial score (nSPS) is 10.6. The molecule has 1 heterocycles. The molecule has 15 heavy (non-hydrogen) atoms. The lowest BCUT2D eigenvalue weighted by molar-refractivity contribution is -0.114. The molecule has 78 valence electrons. The van der Waals surface area contributed by atoms with Crippen LogP contribution in [0.3, 0.4) is 0 Å². The molecule has 0 unspecified atom stereocenters. The SMILES string of the molecule is CC(=O)Nc1cccc2oc(C)c(C)c12. The molecule has 0 aliphatic heterocycles. The van der Waals surface area contributed by atoms with Gasteiger partial charge in [0, 0.05) is 17.9 Å². The molecule has 1 N–H and O–H groups in total. The van der Waals surface area contributed by atoms with E-state index in [4.69, 9.17) is 4.42 Å². The van der Waals surface area contributed by atoms with E-state index in [0.717, 1.165) is 28.0 Å². The summed E-state index contributed by atoms with van der Waals surface area (Å²) in [4.78, 5) is 11.0. The third kappa shape index (κ3) is 1.61. The van der Waals surface area contributed by atoms with Gasteiger partial charge in [-0.1, -0.05) is 6.07 Å². The Bertz CT molecular complexity index is 526. The maximum absolute atomic E-state index is 11.0. The van der Waals surface area contributed by atoms with Crippen molar-refractivity contribution in [1.29, 1.82) is 0 Å². The van der Waals surface area contributed by atoms with Gasteiger partial charge in [0.05, 0.1) is 5.69 Å². The fourth-order valence-corrected chi connectivity index (χ4v) is 1.71. The monoisotopic (exact) mass is 203 g/mol. The van der Waals surface area contributed by atoms with Crippen LogP contribution in [0, 0.1) is 13.8 Å². The Morgan fingerprint density at radius 3 is 2.73 bits per heavy atom. The first-order valence-electron chi connectivity index (χ1n) is 4.86. The van der Waals surface area contributed by atoms with Gasteiger partial charge in [0.15, 0.2) is 0 Å². The first-order chi connectivity index (χ1) is 7.09. The van der Waals surface area contributed by atoms with Crippen molar-refractivity contribution in [3.05, 3.63) is 29.5 Å². The van der Waals surface area contributed by atoms with Gasteiger partial charge in [-0.2, -0.15) is 0 Å². The molecule has 0 saturated carbocycles. The summed E-state index contributed by atoms with van der Waals surface area (Å²) in [5, 5.41) is 3.79. The van der Waals surface area contributed by atoms with Crippen molar-refractivity contribution in [2.75, 3.05) is 5.32 Å². The second-order valence-electron chi connectivity index (χ2n) is 3.64. The average molecular weight is 203 g/mol. The smallest absolute Gasteiger partial charge is 0.221 e. The molecule has 0 radical (unpaired) electrons. The number of aryl methyl sites for hydroxylation is 2. The van der Waals surface area contributed by atoms with Crippen LogP contribution in [0.2, 0.25) is 0 Å². The van der Waals surface area contributed by atoms with Gasteiger partial charge in [-0.05, 0) is 26.0 Å². The van der Waals surface area contributed by atoms with Crippen molar-refractivity contribution >= 4 is 22.6 Å². The molecule has 0 saturated heterocycles. The summed E-state index contributed by atoms with van der Waals surface area (Å²) in [6.45, 7) is 5.42. The van der Waals surface area contributed by atoms with Gasteiger partial charge in [-0.3, -0.25) is 4.79 Å². The van der Waals surface area contributed by atoms with E-state index in [-0.39, 0.29) is 5.91 Å². The van der Waals surface area contributed by atoms with Crippen molar-refractivity contribution < 1.29 is 9.21 Å². The molecule has 0 aliphatic rings. The summed E-state index contributed by atoms with van der Waals surface area (Å²) < 4.78 is 5.57. The zero-order chi connectivity index (χ0) is 11.0. The van der Waals surface area contributed by atoms with E-state index in [0.29, 0.717) is 0 Å². The molecule has 3 heteroatoms. The molecule has 1 amide bonds. The molecule has 0 bridgehead atoms. The zero-order valence-corrected chi connectivity index (χ0v) is 9.05. The molecule has 0 aliphatic carbocycles. The van der Waals surface area contributed by atoms with E-state index < -0.39 is 0 Å². The highest BCUT2D eigenvalue weighted by molar-refractivity contribution is 6.01. The third-order valence-corrected chi connectivity index (χ3v) is 2.50. The highest BCUT2D eigenvalue weighted by atomic mass is 16.3. The minimum atomic E-state index is -0.0687. The lowest BCUT2D eigenvalue weighted by Gasteiger charge is -2.03. The summed E-state index contributed by atoms with van der Waals surface area (Å²) in [7, 11) is 0. The second-order valence-corrected chi connectivity index (χ2v) is 3.64.